The van der Waals surface area contributed by atoms with Crippen LogP contribution in [0.2, 0.25) is 0 Å². The number of halogens is 1. The maximum Gasteiger partial charge on any atom is 0.231 e. The molecule has 2 heterocycles. The van der Waals surface area contributed by atoms with Crippen LogP contribution in [0.4, 0.5) is 10.3 Å². The predicted octanol–water partition coefficient (Wildman–Crippen LogP) is 3.72. The van der Waals surface area contributed by atoms with Crippen LogP contribution in [0.1, 0.15) is 25.1 Å². The summed E-state index contributed by atoms with van der Waals surface area (Å²) < 4.78 is 14.9. The number of benzene rings is 1. The average molecular weight is 340 g/mol. The van der Waals surface area contributed by atoms with Crippen LogP contribution in [-0.4, -0.2) is 20.4 Å². The monoisotopic (exact) mass is 340 g/mol. The Morgan fingerprint density at radius 2 is 1.88 bits per heavy atom. The summed E-state index contributed by atoms with van der Waals surface area (Å²) in [6, 6.07) is 9.73. The van der Waals surface area contributed by atoms with Crippen LogP contribution in [0.5, 0.6) is 0 Å². The lowest BCUT2D eigenvalue weighted by molar-refractivity contribution is -0.115. The molecule has 0 radical (unpaired) electrons. The van der Waals surface area contributed by atoms with E-state index in [0.717, 1.165) is 22.4 Å². The zero-order chi connectivity index (χ0) is 18.0. The first kappa shape index (κ1) is 17.1. The Balaban J connectivity index is 1.86. The van der Waals surface area contributed by atoms with E-state index in [1.54, 1.807) is 12.1 Å². The molecule has 1 amide bonds. The smallest absolute Gasteiger partial charge is 0.231 e. The molecule has 6 heteroatoms. The summed E-state index contributed by atoms with van der Waals surface area (Å²) >= 11 is 0. The minimum absolute atomic E-state index is 0.164. The van der Waals surface area contributed by atoms with E-state index >= 15 is 0 Å². The van der Waals surface area contributed by atoms with Gasteiger partial charge in [0, 0.05) is 12.2 Å². The highest BCUT2D eigenvalue weighted by Crippen LogP contribution is 2.20. The number of anilines is 1. The number of carbonyl (C=O) groups is 1. The van der Waals surface area contributed by atoms with Gasteiger partial charge in [-0.1, -0.05) is 26.0 Å². The fraction of sp³-hybridized carbons (Fsp3) is 0.316. The van der Waals surface area contributed by atoms with E-state index in [1.165, 1.54) is 12.1 Å². The van der Waals surface area contributed by atoms with E-state index in [2.05, 4.69) is 29.1 Å². The van der Waals surface area contributed by atoms with Gasteiger partial charge in [-0.3, -0.25) is 14.7 Å². The molecule has 0 atom stereocenters. The molecule has 0 aliphatic heterocycles. The SMILES string of the molecule is Cc1ccc2nc(NC(=O)Cc3ccc(F)cc3)n(CC(C)C)c2n1. The predicted molar refractivity (Wildman–Crippen MR) is 95.8 cm³/mol. The van der Waals surface area contributed by atoms with Gasteiger partial charge in [-0.15, -0.1) is 0 Å². The lowest BCUT2D eigenvalue weighted by Crippen LogP contribution is -2.19. The molecule has 0 fully saturated rings. The third-order valence-electron chi connectivity index (χ3n) is 3.81. The van der Waals surface area contributed by atoms with E-state index in [1.807, 2.05) is 23.6 Å². The van der Waals surface area contributed by atoms with Crippen molar-refractivity contribution < 1.29 is 9.18 Å². The van der Waals surface area contributed by atoms with Crippen molar-refractivity contribution >= 4 is 23.0 Å². The van der Waals surface area contributed by atoms with Crippen LogP contribution in [0.25, 0.3) is 11.2 Å². The number of nitrogens with one attached hydrogen (secondary N) is 1. The zero-order valence-electron chi connectivity index (χ0n) is 14.6. The van der Waals surface area contributed by atoms with Gasteiger partial charge in [0.25, 0.3) is 0 Å². The Morgan fingerprint density at radius 3 is 2.56 bits per heavy atom. The van der Waals surface area contributed by atoms with Crippen molar-refractivity contribution in [3.05, 3.63) is 53.5 Å². The molecule has 25 heavy (non-hydrogen) atoms. The Labute approximate surface area is 145 Å². The maximum atomic E-state index is 13.0. The van der Waals surface area contributed by atoms with E-state index in [9.17, 15) is 9.18 Å². The highest BCUT2D eigenvalue weighted by molar-refractivity contribution is 5.92. The van der Waals surface area contributed by atoms with Gasteiger partial charge in [0.05, 0.1) is 6.42 Å². The summed E-state index contributed by atoms with van der Waals surface area (Å²) in [5, 5.41) is 2.87. The first-order valence-corrected chi connectivity index (χ1v) is 8.30. The number of hydrogen-bond acceptors (Lipinski definition) is 3. The molecule has 0 spiro atoms. The van der Waals surface area contributed by atoms with Crippen LogP contribution in [-0.2, 0) is 17.8 Å². The van der Waals surface area contributed by atoms with Crippen LogP contribution >= 0.6 is 0 Å². The van der Waals surface area contributed by atoms with Gasteiger partial charge in [0.2, 0.25) is 11.9 Å². The maximum absolute atomic E-state index is 13.0. The molecule has 0 saturated carbocycles. The average Bonchev–Trinajstić information content (AvgIpc) is 2.86. The van der Waals surface area contributed by atoms with E-state index < -0.39 is 0 Å². The van der Waals surface area contributed by atoms with E-state index in [4.69, 9.17) is 0 Å². The lowest BCUT2D eigenvalue weighted by Gasteiger charge is -2.12. The van der Waals surface area contributed by atoms with Crippen molar-refractivity contribution in [2.75, 3.05) is 5.32 Å². The molecule has 0 bridgehead atoms. The number of fused-ring (bicyclic) bond motifs is 1. The Bertz CT molecular complexity index is 900. The molecule has 3 aromatic rings. The first-order valence-electron chi connectivity index (χ1n) is 8.30. The van der Waals surface area contributed by atoms with Crippen molar-refractivity contribution in [3.63, 3.8) is 0 Å². The molecule has 1 aromatic carbocycles. The molecule has 3 rings (SSSR count). The van der Waals surface area contributed by atoms with Gasteiger partial charge in [0.15, 0.2) is 5.65 Å². The number of carbonyl (C=O) groups excluding carboxylic acids is 1. The highest BCUT2D eigenvalue weighted by Gasteiger charge is 2.15. The molecule has 5 nitrogen and oxygen atoms in total. The Morgan fingerprint density at radius 1 is 1.16 bits per heavy atom. The first-order chi connectivity index (χ1) is 11.9. The van der Waals surface area contributed by atoms with E-state index in [0.29, 0.717) is 18.4 Å². The number of imidazole rings is 1. The topological polar surface area (TPSA) is 59.8 Å². The summed E-state index contributed by atoms with van der Waals surface area (Å²) in [4.78, 5) is 21.4. The van der Waals surface area contributed by atoms with Crippen LogP contribution in [0.15, 0.2) is 36.4 Å². The van der Waals surface area contributed by atoms with Gasteiger partial charge >= 0.3 is 0 Å². The van der Waals surface area contributed by atoms with Crippen molar-refractivity contribution in [1.82, 2.24) is 14.5 Å². The largest absolute Gasteiger partial charge is 0.296 e. The summed E-state index contributed by atoms with van der Waals surface area (Å²) in [6.45, 7) is 6.84. The van der Waals surface area contributed by atoms with Gasteiger partial charge in [-0.05, 0) is 42.7 Å². The van der Waals surface area contributed by atoms with Gasteiger partial charge in [-0.25, -0.2) is 14.4 Å². The van der Waals surface area contributed by atoms with Gasteiger partial charge in [0.1, 0.15) is 11.3 Å². The van der Waals surface area contributed by atoms with Crippen molar-refractivity contribution in [2.45, 2.75) is 33.7 Å². The van der Waals surface area contributed by atoms with Gasteiger partial charge in [-0.2, -0.15) is 0 Å². The van der Waals surface area contributed by atoms with Crippen LogP contribution < -0.4 is 5.32 Å². The third-order valence-corrected chi connectivity index (χ3v) is 3.81. The number of nitrogens with zero attached hydrogens (tertiary/aromatic N) is 3. The molecular formula is C19H21FN4O. The molecular weight excluding hydrogens is 319 g/mol. The fourth-order valence-electron chi connectivity index (χ4n) is 2.69. The number of hydrogen-bond donors (Lipinski definition) is 1. The highest BCUT2D eigenvalue weighted by atomic mass is 19.1. The minimum atomic E-state index is -0.315. The van der Waals surface area contributed by atoms with Crippen molar-refractivity contribution in [3.8, 4) is 0 Å². The van der Waals surface area contributed by atoms with Crippen LogP contribution in [0.3, 0.4) is 0 Å². The molecule has 2 aromatic heterocycles. The Hall–Kier alpha value is -2.76. The second-order valence-corrected chi connectivity index (χ2v) is 6.59. The number of amides is 1. The van der Waals surface area contributed by atoms with Gasteiger partial charge < -0.3 is 0 Å². The molecule has 0 saturated heterocycles. The quantitative estimate of drug-likeness (QED) is 0.770. The summed E-state index contributed by atoms with van der Waals surface area (Å²) in [5.41, 5.74) is 3.18. The van der Waals surface area contributed by atoms with Crippen LogP contribution in [0, 0.1) is 18.7 Å². The number of aromatic nitrogens is 3. The lowest BCUT2D eigenvalue weighted by atomic mass is 10.1. The number of pyridine rings is 1. The number of rotatable bonds is 5. The normalized spacial score (nSPS) is 11.2. The van der Waals surface area contributed by atoms with Crippen molar-refractivity contribution in [2.24, 2.45) is 5.92 Å². The fourth-order valence-corrected chi connectivity index (χ4v) is 2.69. The number of aryl methyl sites for hydroxylation is 1. The zero-order valence-corrected chi connectivity index (χ0v) is 14.6. The minimum Gasteiger partial charge on any atom is -0.296 e. The molecule has 0 unspecified atom stereocenters. The van der Waals surface area contributed by atoms with E-state index in [-0.39, 0.29) is 18.1 Å². The second kappa shape index (κ2) is 7.01. The Kier molecular flexibility index (Phi) is 4.79. The third kappa shape index (κ3) is 4.02. The summed E-state index contributed by atoms with van der Waals surface area (Å²) in [7, 11) is 0. The summed E-state index contributed by atoms with van der Waals surface area (Å²) in [5.74, 6) is 0.370. The molecule has 130 valence electrons. The molecule has 1 N–H and O–H groups in total. The second-order valence-electron chi connectivity index (χ2n) is 6.59. The summed E-state index contributed by atoms with van der Waals surface area (Å²) in [6.07, 6.45) is 0.164. The molecule has 0 aliphatic rings. The molecule has 0 aliphatic carbocycles. The standard InChI is InChI=1S/C19H21FN4O/c1-12(2)11-24-18-16(9-4-13(3)21-18)22-19(24)23-17(25)10-14-5-7-15(20)8-6-14/h4-9,12H,10-11H2,1-3H3,(H,22,23,25). The van der Waals surface area contributed by atoms with Crippen molar-refractivity contribution in [1.29, 1.82) is 0 Å².